The topological polar surface area (TPSA) is 95.9 Å². The van der Waals surface area contributed by atoms with E-state index in [1.54, 1.807) is 29.2 Å². The van der Waals surface area contributed by atoms with Crippen LogP contribution >= 0.6 is 11.6 Å². The number of likely N-dealkylation sites (tertiary alicyclic amines) is 1. The van der Waals surface area contributed by atoms with Crippen molar-refractivity contribution in [1.82, 2.24) is 10.2 Å². The molecule has 2 rings (SSSR count). The lowest BCUT2D eigenvalue weighted by atomic mass is 9.95. The third-order valence-electron chi connectivity index (χ3n) is 4.23. The average Bonchev–Trinajstić information content (AvgIpc) is 2.65. The van der Waals surface area contributed by atoms with Crippen molar-refractivity contribution in [3.8, 4) is 0 Å². The predicted molar refractivity (Wildman–Crippen MR) is 91.1 cm³/mol. The number of hydrogen-bond acceptors (Lipinski definition) is 5. The van der Waals surface area contributed by atoms with Crippen LogP contribution in [-0.2, 0) is 14.3 Å². The standard InChI is InChI=1S/C17H21ClN2O5/c1-25-17(24)14(10-21)19-15(22)11-6-8-20(9-7-11)16(23)12-2-4-13(18)5-3-12/h2-5,11,14,21H,6-10H2,1H3,(H,19,22)/t14-/m1/s1. The number of piperidine rings is 1. The molecule has 1 aromatic rings. The molecule has 25 heavy (non-hydrogen) atoms. The fraction of sp³-hybridized carbons (Fsp3) is 0.471. The Kier molecular flexibility index (Phi) is 6.78. The highest BCUT2D eigenvalue weighted by molar-refractivity contribution is 6.30. The SMILES string of the molecule is COC(=O)[C@@H](CO)NC(=O)C1CCN(C(=O)c2ccc(Cl)cc2)CC1. The zero-order chi connectivity index (χ0) is 18.4. The maximum atomic E-state index is 12.4. The maximum Gasteiger partial charge on any atom is 0.330 e. The van der Waals surface area contributed by atoms with Gasteiger partial charge in [0, 0.05) is 29.6 Å². The summed E-state index contributed by atoms with van der Waals surface area (Å²) in [6, 6.07) is 5.61. The lowest BCUT2D eigenvalue weighted by Crippen LogP contribution is -2.49. The fourth-order valence-corrected chi connectivity index (χ4v) is 2.86. The van der Waals surface area contributed by atoms with Crippen molar-refractivity contribution >= 4 is 29.4 Å². The van der Waals surface area contributed by atoms with E-state index in [1.165, 1.54) is 7.11 Å². The molecule has 7 nitrogen and oxygen atoms in total. The highest BCUT2D eigenvalue weighted by atomic mass is 35.5. The van der Waals surface area contributed by atoms with Crippen molar-refractivity contribution in [3.05, 3.63) is 34.9 Å². The average molecular weight is 369 g/mol. The minimum absolute atomic E-state index is 0.0988. The number of hydrogen-bond donors (Lipinski definition) is 2. The highest BCUT2D eigenvalue weighted by Crippen LogP contribution is 2.20. The van der Waals surface area contributed by atoms with Gasteiger partial charge in [0.1, 0.15) is 0 Å². The van der Waals surface area contributed by atoms with Gasteiger partial charge in [0.15, 0.2) is 6.04 Å². The van der Waals surface area contributed by atoms with Crippen molar-refractivity contribution in [1.29, 1.82) is 0 Å². The molecule has 1 aromatic carbocycles. The number of ether oxygens (including phenoxy) is 1. The highest BCUT2D eigenvalue weighted by Gasteiger charge is 2.30. The third-order valence-corrected chi connectivity index (χ3v) is 4.48. The number of nitrogens with zero attached hydrogens (tertiary/aromatic N) is 1. The van der Waals surface area contributed by atoms with E-state index < -0.39 is 18.6 Å². The Morgan fingerprint density at radius 3 is 2.40 bits per heavy atom. The molecule has 136 valence electrons. The normalized spacial score (nSPS) is 16.2. The van der Waals surface area contributed by atoms with Gasteiger partial charge >= 0.3 is 5.97 Å². The molecular formula is C17H21ClN2O5. The molecule has 0 spiro atoms. The fourth-order valence-electron chi connectivity index (χ4n) is 2.73. The Morgan fingerprint density at radius 2 is 1.88 bits per heavy atom. The summed E-state index contributed by atoms with van der Waals surface area (Å²) in [5.74, 6) is -1.42. The smallest absolute Gasteiger partial charge is 0.330 e. The summed E-state index contributed by atoms with van der Waals surface area (Å²) in [5, 5.41) is 12.2. The van der Waals surface area contributed by atoms with Crippen molar-refractivity contribution in [2.45, 2.75) is 18.9 Å². The van der Waals surface area contributed by atoms with Crippen LogP contribution in [0.4, 0.5) is 0 Å². The second kappa shape index (κ2) is 8.82. The largest absolute Gasteiger partial charge is 0.467 e. The van der Waals surface area contributed by atoms with Gasteiger partial charge in [-0.05, 0) is 37.1 Å². The molecule has 2 N–H and O–H groups in total. The number of benzene rings is 1. The molecular weight excluding hydrogens is 348 g/mol. The molecule has 0 saturated carbocycles. The van der Waals surface area contributed by atoms with Gasteiger partial charge in [-0.15, -0.1) is 0 Å². The molecule has 1 saturated heterocycles. The second-order valence-electron chi connectivity index (χ2n) is 5.84. The Morgan fingerprint density at radius 1 is 1.28 bits per heavy atom. The summed E-state index contributed by atoms with van der Waals surface area (Å²) in [4.78, 5) is 37.8. The lowest BCUT2D eigenvalue weighted by Gasteiger charge is -2.32. The van der Waals surface area contributed by atoms with Crippen LogP contribution < -0.4 is 5.32 Å². The van der Waals surface area contributed by atoms with Crippen LogP contribution in [-0.4, -0.2) is 60.6 Å². The molecule has 0 radical (unpaired) electrons. The first-order valence-corrected chi connectivity index (χ1v) is 8.38. The van der Waals surface area contributed by atoms with E-state index >= 15 is 0 Å². The van der Waals surface area contributed by atoms with Gasteiger partial charge < -0.3 is 20.1 Å². The van der Waals surface area contributed by atoms with E-state index in [1.807, 2.05) is 0 Å². The van der Waals surface area contributed by atoms with Gasteiger partial charge in [-0.1, -0.05) is 11.6 Å². The monoisotopic (exact) mass is 368 g/mol. The Labute approximate surface area is 150 Å². The van der Waals surface area contributed by atoms with Crippen LogP contribution in [0.15, 0.2) is 24.3 Å². The summed E-state index contributed by atoms with van der Waals surface area (Å²) in [6.07, 6.45) is 0.981. The number of nitrogens with one attached hydrogen (secondary N) is 1. The van der Waals surface area contributed by atoms with Crippen LogP contribution in [0.1, 0.15) is 23.2 Å². The van der Waals surface area contributed by atoms with Gasteiger partial charge in [0.05, 0.1) is 13.7 Å². The number of amides is 2. The van der Waals surface area contributed by atoms with E-state index in [-0.39, 0.29) is 17.7 Å². The molecule has 0 aromatic heterocycles. The number of rotatable bonds is 5. The zero-order valence-electron chi connectivity index (χ0n) is 13.9. The molecule has 1 heterocycles. The maximum absolute atomic E-state index is 12.4. The molecule has 0 unspecified atom stereocenters. The summed E-state index contributed by atoms with van der Waals surface area (Å²) in [5.41, 5.74) is 0.554. The van der Waals surface area contributed by atoms with E-state index in [0.29, 0.717) is 36.5 Å². The molecule has 8 heteroatoms. The van der Waals surface area contributed by atoms with Gasteiger partial charge in [-0.25, -0.2) is 4.79 Å². The zero-order valence-corrected chi connectivity index (χ0v) is 14.7. The van der Waals surface area contributed by atoms with E-state index in [9.17, 15) is 14.4 Å². The first-order chi connectivity index (χ1) is 12.0. The summed E-state index contributed by atoms with van der Waals surface area (Å²) in [6.45, 7) is 0.370. The van der Waals surface area contributed by atoms with E-state index in [0.717, 1.165) is 0 Å². The number of halogens is 1. The van der Waals surface area contributed by atoms with Crippen molar-refractivity contribution in [2.24, 2.45) is 5.92 Å². The number of aliphatic hydroxyl groups is 1. The number of esters is 1. The van der Waals surface area contributed by atoms with Crippen LogP contribution in [0.2, 0.25) is 5.02 Å². The second-order valence-corrected chi connectivity index (χ2v) is 6.28. The van der Waals surface area contributed by atoms with Gasteiger partial charge in [-0.2, -0.15) is 0 Å². The summed E-state index contributed by atoms with van der Waals surface area (Å²) < 4.78 is 4.52. The molecule has 1 atom stereocenters. The first-order valence-electron chi connectivity index (χ1n) is 8.00. The lowest BCUT2D eigenvalue weighted by molar-refractivity contribution is -0.146. The quantitative estimate of drug-likeness (QED) is 0.751. The molecule has 1 fully saturated rings. The number of methoxy groups -OCH3 is 1. The van der Waals surface area contributed by atoms with Crippen molar-refractivity contribution < 1.29 is 24.2 Å². The molecule has 2 amide bonds. The Hall–Kier alpha value is -2.12. The molecule has 1 aliphatic heterocycles. The van der Waals surface area contributed by atoms with E-state index in [4.69, 9.17) is 16.7 Å². The number of aliphatic hydroxyl groups excluding tert-OH is 1. The first kappa shape index (κ1) is 19.2. The Bertz CT molecular complexity index is 626. The minimum Gasteiger partial charge on any atom is -0.467 e. The van der Waals surface area contributed by atoms with Crippen LogP contribution in [0.25, 0.3) is 0 Å². The van der Waals surface area contributed by atoms with Gasteiger partial charge in [0.25, 0.3) is 5.91 Å². The van der Waals surface area contributed by atoms with E-state index in [2.05, 4.69) is 10.1 Å². The van der Waals surface area contributed by atoms with Crippen LogP contribution in [0.5, 0.6) is 0 Å². The number of carbonyl (C=O) groups excluding carboxylic acids is 3. The summed E-state index contributed by atoms with van der Waals surface area (Å²) >= 11 is 5.82. The molecule has 0 bridgehead atoms. The summed E-state index contributed by atoms with van der Waals surface area (Å²) in [7, 11) is 1.19. The van der Waals surface area contributed by atoms with Gasteiger partial charge in [0.2, 0.25) is 5.91 Å². The third kappa shape index (κ3) is 4.93. The molecule has 0 aliphatic carbocycles. The van der Waals surface area contributed by atoms with Crippen molar-refractivity contribution in [2.75, 3.05) is 26.8 Å². The molecule has 1 aliphatic rings. The number of carbonyl (C=O) groups is 3. The van der Waals surface area contributed by atoms with Crippen molar-refractivity contribution in [3.63, 3.8) is 0 Å². The minimum atomic E-state index is -1.06. The van der Waals surface area contributed by atoms with Crippen LogP contribution in [0.3, 0.4) is 0 Å². The van der Waals surface area contributed by atoms with Gasteiger partial charge in [-0.3, -0.25) is 9.59 Å². The Balaban J connectivity index is 1.88. The predicted octanol–water partition coefficient (Wildman–Crippen LogP) is 0.842. The van der Waals surface area contributed by atoms with Crippen LogP contribution in [0, 0.1) is 5.92 Å².